The molecule has 0 unspecified atom stereocenters. The Morgan fingerprint density at radius 1 is 0.933 bits per heavy atom. The van der Waals surface area contributed by atoms with E-state index in [-0.39, 0.29) is 11.8 Å². The van der Waals surface area contributed by atoms with Crippen LogP contribution in [0.1, 0.15) is 5.69 Å². The molecule has 0 spiro atoms. The maximum absolute atomic E-state index is 13.0. The van der Waals surface area contributed by atoms with Crippen molar-refractivity contribution in [1.29, 1.82) is 0 Å². The van der Waals surface area contributed by atoms with E-state index in [1.54, 1.807) is 17.0 Å². The van der Waals surface area contributed by atoms with E-state index in [1.807, 2.05) is 37.3 Å². The molecular weight excluding hydrogens is 385 g/mol. The van der Waals surface area contributed by atoms with Crippen molar-refractivity contribution in [1.82, 2.24) is 20.1 Å². The molecule has 0 bridgehead atoms. The summed E-state index contributed by atoms with van der Waals surface area (Å²) in [6.45, 7) is 4.35. The van der Waals surface area contributed by atoms with Crippen molar-refractivity contribution in [3.05, 3.63) is 66.1 Å². The molecule has 30 heavy (non-hydrogen) atoms. The number of piperazine rings is 1. The average Bonchev–Trinajstić information content (AvgIpc) is 2.76. The molecule has 1 aromatic carbocycles. The van der Waals surface area contributed by atoms with Crippen LogP contribution < -0.4 is 15.5 Å². The number of hydrogen-bond donors (Lipinski definition) is 2. The lowest BCUT2D eigenvalue weighted by Crippen LogP contribution is -2.50. The molecule has 3 heterocycles. The van der Waals surface area contributed by atoms with Crippen molar-refractivity contribution in [3.63, 3.8) is 0 Å². The smallest absolute Gasteiger partial charge is 0.321 e. The van der Waals surface area contributed by atoms with Gasteiger partial charge in [-0.25, -0.2) is 14.2 Å². The quantitative estimate of drug-likeness (QED) is 0.689. The van der Waals surface area contributed by atoms with E-state index in [1.165, 1.54) is 12.1 Å². The Bertz CT molecular complexity index is 1000. The zero-order valence-corrected chi connectivity index (χ0v) is 16.5. The van der Waals surface area contributed by atoms with E-state index in [9.17, 15) is 9.18 Å². The fourth-order valence-electron chi connectivity index (χ4n) is 3.18. The van der Waals surface area contributed by atoms with Crippen LogP contribution in [0.2, 0.25) is 0 Å². The number of urea groups is 1. The minimum absolute atomic E-state index is 0.197. The number of nitrogens with one attached hydrogen (secondary N) is 2. The van der Waals surface area contributed by atoms with Crippen LogP contribution in [0.15, 0.2) is 54.6 Å². The summed E-state index contributed by atoms with van der Waals surface area (Å²) in [7, 11) is 0. The van der Waals surface area contributed by atoms with E-state index in [4.69, 9.17) is 0 Å². The molecule has 0 atom stereocenters. The van der Waals surface area contributed by atoms with Crippen LogP contribution in [0.25, 0.3) is 0 Å². The maximum Gasteiger partial charge on any atom is 0.321 e. The van der Waals surface area contributed by atoms with Crippen LogP contribution in [0.3, 0.4) is 0 Å². The number of amides is 2. The molecule has 9 heteroatoms. The van der Waals surface area contributed by atoms with Crippen molar-refractivity contribution in [2.45, 2.75) is 6.92 Å². The number of hydrogen-bond acceptors (Lipinski definition) is 6. The highest BCUT2D eigenvalue weighted by Gasteiger charge is 2.22. The minimum atomic E-state index is -0.334. The summed E-state index contributed by atoms with van der Waals surface area (Å²) in [4.78, 5) is 20.6. The van der Waals surface area contributed by atoms with Gasteiger partial charge in [-0.1, -0.05) is 6.07 Å². The number of halogens is 1. The molecule has 4 rings (SSSR count). The van der Waals surface area contributed by atoms with Crippen molar-refractivity contribution in [2.75, 3.05) is 41.7 Å². The molecule has 8 nitrogen and oxygen atoms in total. The number of pyridine rings is 1. The monoisotopic (exact) mass is 407 g/mol. The lowest BCUT2D eigenvalue weighted by atomic mass is 10.3. The summed E-state index contributed by atoms with van der Waals surface area (Å²) in [6, 6.07) is 15.0. The molecule has 1 aliphatic rings. The van der Waals surface area contributed by atoms with Crippen LogP contribution in [-0.2, 0) is 0 Å². The minimum Gasteiger partial charge on any atom is -0.352 e. The number of carbonyl (C=O) groups excluding carboxylic acids is 1. The fourth-order valence-corrected chi connectivity index (χ4v) is 3.18. The molecule has 1 fully saturated rings. The van der Waals surface area contributed by atoms with Crippen LogP contribution in [0.5, 0.6) is 0 Å². The fraction of sp³-hybridized carbons (Fsp3) is 0.238. The highest BCUT2D eigenvalue weighted by Crippen LogP contribution is 2.17. The second-order valence-electron chi connectivity index (χ2n) is 6.98. The van der Waals surface area contributed by atoms with Gasteiger partial charge in [-0.3, -0.25) is 0 Å². The SMILES string of the molecule is Cc1cccc(Nc2ccc(N3CCN(C(=O)Nc4ccc(F)cc4)CC3)nn2)n1. The number of aromatic nitrogens is 3. The molecule has 0 radical (unpaired) electrons. The third kappa shape index (κ3) is 4.80. The van der Waals surface area contributed by atoms with Crippen molar-refractivity contribution in [3.8, 4) is 0 Å². The number of carbonyl (C=O) groups is 1. The van der Waals surface area contributed by atoms with E-state index in [0.717, 1.165) is 17.3 Å². The van der Waals surface area contributed by atoms with Gasteiger partial charge in [0.1, 0.15) is 11.6 Å². The zero-order chi connectivity index (χ0) is 20.9. The van der Waals surface area contributed by atoms with E-state index < -0.39 is 0 Å². The summed E-state index contributed by atoms with van der Waals surface area (Å²) in [5.41, 5.74) is 1.49. The Balaban J connectivity index is 1.30. The van der Waals surface area contributed by atoms with Gasteiger partial charge in [-0.05, 0) is 55.5 Å². The van der Waals surface area contributed by atoms with E-state index in [0.29, 0.717) is 37.7 Å². The predicted molar refractivity (Wildman–Crippen MR) is 113 cm³/mol. The summed E-state index contributed by atoms with van der Waals surface area (Å²) >= 11 is 0. The van der Waals surface area contributed by atoms with Crippen molar-refractivity contribution in [2.24, 2.45) is 0 Å². The zero-order valence-electron chi connectivity index (χ0n) is 16.5. The Morgan fingerprint density at radius 3 is 2.37 bits per heavy atom. The number of anilines is 4. The number of rotatable bonds is 4. The van der Waals surface area contributed by atoms with Gasteiger partial charge in [-0.15, -0.1) is 10.2 Å². The summed E-state index contributed by atoms with van der Waals surface area (Å²) < 4.78 is 13.0. The highest BCUT2D eigenvalue weighted by atomic mass is 19.1. The van der Waals surface area contributed by atoms with Gasteiger partial charge in [0, 0.05) is 37.6 Å². The lowest BCUT2D eigenvalue weighted by Gasteiger charge is -2.35. The molecule has 154 valence electrons. The highest BCUT2D eigenvalue weighted by molar-refractivity contribution is 5.89. The Morgan fingerprint density at radius 2 is 1.70 bits per heavy atom. The largest absolute Gasteiger partial charge is 0.352 e. The van der Waals surface area contributed by atoms with Gasteiger partial charge in [0.25, 0.3) is 0 Å². The first-order valence-corrected chi connectivity index (χ1v) is 9.68. The normalized spacial score (nSPS) is 13.8. The molecule has 0 saturated carbocycles. The number of nitrogens with zero attached hydrogens (tertiary/aromatic N) is 5. The molecule has 1 saturated heterocycles. The molecule has 2 N–H and O–H groups in total. The Hall–Kier alpha value is -3.75. The van der Waals surface area contributed by atoms with Gasteiger partial charge < -0.3 is 20.4 Å². The molecule has 1 aliphatic heterocycles. The first-order valence-electron chi connectivity index (χ1n) is 9.68. The van der Waals surface area contributed by atoms with Gasteiger partial charge in [0.2, 0.25) is 0 Å². The maximum atomic E-state index is 13.0. The Kier molecular flexibility index (Phi) is 5.69. The van der Waals surface area contributed by atoms with Gasteiger partial charge in [-0.2, -0.15) is 0 Å². The lowest BCUT2D eigenvalue weighted by molar-refractivity contribution is 0.208. The Labute approximate surface area is 173 Å². The van der Waals surface area contributed by atoms with Crippen molar-refractivity contribution >= 4 is 29.2 Å². The third-order valence-corrected chi connectivity index (χ3v) is 4.78. The van der Waals surface area contributed by atoms with Crippen LogP contribution >= 0.6 is 0 Å². The average molecular weight is 407 g/mol. The molecular formula is C21H22FN7O. The van der Waals surface area contributed by atoms with Gasteiger partial charge in [0.15, 0.2) is 11.6 Å². The number of aryl methyl sites for hydroxylation is 1. The second-order valence-corrected chi connectivity index (χ2v) is 6.98. The summed E-state index contributed by atoms with van der Waals surface area (Å²) in [6.07, 6.45) is 0. The van der Waals surface area contributed by atoms with Gasteiger partial charge >= 0.3 is 6.03 Å². The molecule has 2 amide bonds. The van der Waals surface area contributed by atoms with Gasteiger partial charge in [0.05, 0.1) is 0 Å². The van der Waals surface area contributed by atoms with Crippen LogP contribution in [-0.4, -0.2) is 52.3 Å². The van der Waals surface area contributed by atoms with E-state index >= 15 is 0 Å². The predicted octanol–water partition coefficient (Wildman–Crippen LogP) is 3.42. The van der Waals surface area contributed by atoms with Crippen LogP contribution in [0, 0.1) is 12.7 Å². The number of benzene rings is 1. The summed E-state index contributed by atoms with van der Waals surface area (Å²) in [5.74, 6) is 1.77. The molecule has 3 aromatic rings. The second kappa shape index (κ2) is 8.73. The van der Waals surface area contributed by atoms with Crippen molar-refractivity contribution < 1.29 is 9.18 Å². The molecule has 0 aliphatic carbocycles. The first-order chi connectivity index (χ1) is 14.6. The topological polar surface area (TPSA) is 86.3 Å². The standard InChI is InChI=1S/C21H22FN7O/c1-15-3-2-4-18(23-15)25-19-9-10-20(27-26-19)28-11-13-29(14-12-28)21(30)24-17-7-5-16(22)6-8-17/h2-10H,11-14H2,1H3,(H,24,30)(H,23,25,26). The molecule has 2 aromatic heterocycles. The van der Waals surface area contributed by atoms with E-state index in [2.05, 4.69) is 30.7 Å². The summed E-state index contributed by atoms with van der Waals surface area (Å²) in [5, 5.41) is 14.5. The van der Waals surface area contributed by atoms with Crippen LogP contribution in [0.4, 0.5) is 32.3 Å². The first kappa shape index (κ1) is 19.6. The third-order valence-electron chi connectivity index (χ3n) is 4.78.